The second-order valence-corrected chi connectivity index (χ2v) is 5.79. The lowest BCUT2D eigenvalue weighted by atomic mass is 10.0. The summed E-state index contributed by atoms with van der Waals surface area (Å²) in [4.78, 5) is 9.61. The summed E-state index contributed by atoms with van der Waals surface area (Å²) < 4.78 is 5.41. The number of nitrogens with zero attached hydrogens (tertiary/aromatic N) is 3. The number of likely N-dealkylation sites (tertiary alicyclic amines) is 1. The van der Waals surface area contributed by atoms with Crippen molar-refractivity contribution in [1.29, 1.82) is 0 Å². The molecule has 2 saturated heterocycles. The second kappa shape index (κ2) is 6.10. The van der Waals surface area contributed by atoms with E-state index < -0.39 is 0 Å². The third-order valence-corrected chi connectivity index (χ3v) is 4.60. The molecule has 2 aliphatic rings. The van der Waals surface area contributed by atoms with Crippen LogP contribution in [0.4, 0.5) is 5.82 Å². The van der Waals surface area contributed by atoms with Gasteiger partial charge < -0.3 is 9.64 Å². The zero-order valence-corrected chi connectivity index (χ0v) is 12.6. The zero-order chi connectivity index (χ0) is 13.9. The van der Waals surface area contributed by atoms with Crippen LogP contribution in [-0.4, -0.2) is 49.3 Å². The van der Waals surface area contributed by atoms with E-state index in [0.29, 0.717) is 6.04 Å². The van der Waals surface area contributed by atoms with Crippen LogP contribution in [0.15, 0.2) is 12.3 Å². The van der Waals surface area contributed by atoms with Crippen LogP contribution in [0.5, 0.6) is 0 Å². The Morgan fingerprint density at radius 3 is 2.80 bits per heavy atom. The van der Waals surface area contributed by atoms with Gasteiger partial charge in [0, 0.05) is 25.3 Å². The van der Waals surface area contributed by atoms with Crippen molar-refractivity contribution >= 4 is 5.82 Å². The fourth-order valence-electron chi connectivity index (χ4n) is 3.42. The van der Waals surface area contributed by atoms with Gasteiger partial charge in [-0.2, -0.15) is 0 Å². The van der Waals surface area contributed by atoms with Crippen LogP contribution < -0.4 is 4.90 Å². The van der Waals surface area contributed by atoms with E-state index in [1.807, 2.05) is 0 Å². The van der Waals surface area contributed by atoms with Gasteiger partial charge in [-0.1, -0.05) is 6.92 Å². The number of hydrogen-bond donors (Lipinski definition) is 0. The SMILES string of the molecule is CCN1CCCC1c1cnc(N2CCOCC2)cc1C. The lowest BCUT2D eigenvalue weighted by molar-refractivity contribution is 0.122. The fraction of sp³-hybridized carbons (Fsp3) is 0.688. The monoisotopic (exact) mass is 275 g/mol. The maximum absolute atomic E-state index is 5.41. The molecular formula is C16H25N3O. The Balaban J connectivity index is 1.80. The summed E-state index contributed by atoms with van der Waals surface area (Å²) >= 11 is 0. The van der Waals surface area contributed by atoms with Crippen LogP contribution >= 0.6 is 0 Å². The van der Waals surface area contributed by atoms with Gasteiger partial charge in [0.15, 0.2) is 0 Å². The molecule has 2 aliphatic heterocycles. The van der Waals surface area contributed by atoms with E-state index >= 15 is 0 Å². The molecule has 4 nitrogen and oxygen atoms in total. The first-order valence-electron chi connectivity index (χ1n) is 7.83. The quantitative estimate of drug-likeness (QED) is 0.847. The van der Waals surface area contributed by atoms with Crippen molar-refractivity contribution in [2.24, 2.45) is 0 Å². The van der Waals surface area contributed by atoms with Crippen molar-refractivity contribution in [3.05, 3.63) is 23.4 Å². The number of aryl methyl sites for hydroxylation is 1. The Hall–Kier alpha value is -1.13. The molecule has 1 aromatic rings. The molecule has 20 heavy (non-hydrogen) atoms. The van der Waals surface area contributed by atoms with Crippen molar-refractivity contribution in [3.63, 3.8) is 0 Å². The molecule has 1 aromatic heterocycles. The van der Waals surface area contributed by atoms with Crippen LogP contribution in [0.25, 0.3) is 0 Å². The minimum Gasteiger partial charge on any atom is -0.378 e. The Bertz CT molecular complexity index is 457. The molecule has 2 fully saturated rings. The summed E-state index contributed by atoms with van der Waals surface area (Å²) in [5, 5.41) is 0. The van der Waals surface area contributed by atoms with E-state index in [2.05, 4.69) is 35.9 Å². The van der Waals surface area contributed by atoms with Crippen LogP contribution in [0, 0.1) is 6.92 Å². The summed E-state index contributed by atoms with van der Waals surface area (Å²) in [6, 6.07) is 2.83. The first-order chi connectivity index (χ1) is 9.79. The number of morpholine rings is 1. The molecule has 0 aliphatic carbocycles. The molecule has 1 atom stereocenters. The molecule has 0 aromatic carbocycles. The minimum absolute atomic E-state index is 0.575. The van der Waals surface area contributed by atoms with E-state index in [1.165, 1.54) is 30.5 Å². The van der Waals surface area contributed by atoms with Gasteiger partial charge in [0.05, 0.1) is 13.2 Å². The van der Waals surface area contributed by atoms with Gasteiger partial charge in [0.2, 0.25) is 0 Å². The van der Waals surface area contributed by atoms with E-state index in [0.717, 1.165) is 38.7 Å². The molecule has 0 saturated carbocycles. The molecule has 0 amide bonds. The van der Waals surface area contributed by atoms with Crippen LogP contribution in [0.3, 0.4) is 0 Å². The van der Waals surface area contributed by atoms with Crippen LogP contribution in [0.1, 0.15) is 36.9 Å². The smallest absolute Gasteiger partial charge is 0.128 e. The van der Waals surface area contributed by atoms with Crippen molar-refractivity contribution in [3.8, 4) is 0 Å². The van der Waals surface area contributed by atoms with Crippen molar-refractivity contribution in [1.82, 2.24) is 9.88 Å². The highest BCUT2D eigenvalue weighted by Gasteiger charge is 2.26. The van der Waals surface area contributed by atoms with Gasteiger partial charge >= 0.3 is 0 Å². The average molecular weight is 275 g/mol. The third-order valence-electron chi connectivity index (χ3n) is 4.60. The Morgan fingerprint density at radius 1 is 1.30 bits per heavy atom. The maximum Gasteiger partial charge on any atom is 0.128 e. The van der Waals surface area contributed by atoms with E-state index in [4.69, 9.17) is 9.72 Å². The van der Waals surface area contributed by atoms with E-state index in [-0.39, 0.29) is 0 Å². The molecule has 0 bridgehead atoms. The predicted molar refractivity (Wildman–Crippen MR) is 81.2 cm³/mol. The topological polar surface area (TPSA) is 28.6 Å². The van der Waals surface area contributed by atoms with Crippen LogP contribution in [0.2, 0.25) is 0 Å². The molecule has 0 radical (unpaired) electrons. The number of ether oxygens (including phenoxy) is 1. The number of hydrogen-bond acceptors (Lipinski definition) is 4. The number of rotatable bonds is 3. The van der Waals surface area contributed by atoms with E-state index in [9.17, 15) is 0 Å². The lowest BCUT2D eigenvalue weighted by Gasteiger charge is -2.29. The molecule has 0 N–H and O–H groups in total. The minimum atomic E-state index is 0.575. The standard InChI is InChI=1S/C16H25N3O/c1-3-18-6-4-5-15(18)14-12-17-16(11-13(14)2)19-7-9-20-10-8-19/h11-12,15H,3-10H2,1-2H3. The fourth-order valence-corrected chi connectivity index (χ4v) is 3.42. The predicted octanol–water partition coefficient (Wildman–Crippen LogP) is 2.38. The zero-order valence-electron chi connectivity index (χ0n) is 12.6. The number of anilines is 1. The van der Waals surface area contributed by atoms with Crippen molar-refractivity contribution in [2.75, 3.05) is 44.3 Å². The van der Waals surface area contributed by atoms with Gasteiger partial charge in [-0.3, -0.25) is 4.90 Å². The highest BCUT2D eigenvalue weighted by Crippen LogP contribution is 2.33. The van der Waals surface area contributed by atoms with Crippen molar-refractivity contribution < 1.29 is 4.74 Å². The molecule has 1 unspecified atom stereocenters. The summed E-state index contributed by atoms with van der Waals surface area (Å²) in [6.45, 7) is 10.4. The summed E-state index contributed by atoms with van der Waals surface area (Å²) in [5.41, 5.74) is 2.80. The molecule has 4 heteroatoms. The Morgan fingerprint density at radius 2 is 2.10 bits per heavy atom. The summed E-state index contributed by atoms with van der Waals surface area (Å²) in [7, 11) is 0. The summed E-state index contributed by atoms with van der Waals surface area (Å²) in [5.74, 6) is 1.11. The van der Waals surface area contributed by atoms with Crippen molar-refractivity contribution in [2.45, 2.75) is 32.7 Å². The second-order valence-electron chi connectivity index (χ2n) is 5.79. The largest absolute Gasteiger partial charge is 0.378 e. The third kappa shape index (κ3) is 2.67. The van der Waals surface area contributed by atoms with Gasteiger partial charge in [-0.25, -0.2) is 4.98 Å². The van der Waals surface area contributed by atoms with Gasteiger partial charge in [-0.05, 0) is 50.0 Å². The molecule has 3 heterocycles. The van der Waals surface area contributed by atoms with Gasteiger partial charge in [0.1, 0.15) is 5.82 Å². The molecule has 110 valence electrons. The maximum atomic E-state index is 5.41. The normalized spacial score (nSPS) is 24.3. The first kappa shape index (κ1) is 13.8. The Kier molecular flexibility index (Phi) is 4.22. The molecule has 3 rings (SSSR count). The summed E-state index contributed by atoms with van der Waals surface area (Å²) in [6.07, 6.45) is 4.69. The van der Waals surface area contributed by atoms with Gasteiger partial charge in [0.25, 0.3) is 0 Å². The lowest BCUT2D eigenvalue weighted by Crippen LogP contribution is -2.36. The highest BCUT2D eigenvalue weighted by atomic mass is 16.5. The van der Waals surface area contributed by atoms with E-state index in [1.54, 1.807) is 0 Å². The highest BCUT2D eigenvalue weighted by molar-refractivity contribution is 5.44. The van der Waals surface area contributed by atoms with Crippen LogP contribution in [-0.2, 0) is 4.74 Å². The Labute approximate surface area is 121 Å². The number of aromatic nitrogens is 1. The number of pyridine rings is 1. The molecular weight excluding hydrogens is 250 g/mol. The average Bonchev–Trinajstić information content (AvgIpc) is 2.96. The molecule has 0 spiro atoms. The van der Waals surface area contributed by atoms with Gasteiger partial charge in [-0.15, -0.1) is 0 Å². The first-order valence-corrected chi connectivity index (χ1v) is 7.83.